The molecule has 0 spiro atoms. The molecule has 1 aliphatic rings. The zero-order valence-corrected chi connectivity index (χ0v) is 11.7. The first-order valence-corrected chi connectivity index (χ1v) is 6.93. The Morgan fingerprint density at radius 1 is 1.53 bits per heavy atom. The molecule has 0 aliphatic heterocycles. The van der Waals surface area contributed by atoms with Crippen LogP contribution in [0.4, 0.5) is 5.69 Å². The second-order valence-corrected chi connectivity index (χ2v) is 5.46. The minimum absolute atomic E-state index is 0.101. The van der Waals surface area contributed by atoms with Crippen molar-refractivity contribution in [3.05, 3.63) is 21.0 Å². The van der Waals surface area contributed by atoms with E-state index in [1.54, 1.807) is 13.2 Å². The predicted octanol–water partition coefficient (Wildman–Crippen LogP) is 2.54. The number of nitrogens with one attached hydrogen (secondary N) is 1. The van der Waals surface area contributed by atoms with E-state index in [0.29, 0.717) is 4.47 Å². The fourth-order valence-corrected chi connectivity index (χ4v) is 2.84. The molecule has 2 rings (SSSR count). The van der Waals surface area contributed by atoms with Gasteiger partial charge in [0, 0.05) is 13.6 Å². The summed E-state index contributed by atoms with van der Waals surface area (Å²) in [6, 6.07) is 0. The second kappa shape index (κ2) is 5.67. The highest BCUT2D eigenvalue weighted by atomic mass is 79.9. The van der Waals surface area contributed by atoms with Crippen LogP contribution >= 0.6 is 15.9 Å². The SMILES string of the molecule is Cn1ncc(NCCC2CCCC2)c(Br)c1=O. The number of aryl methyl sites for hydroxylation is 1. The monoisotopic (exact) mass is 299 g/mol. The van der Waals surface area contributed by atoms with Crippen LogP contribution in [0.25, 0.3) is 0 Å². The summed E-state index contributed by atoms with van der Waals surface area (Å²) in [5, 5.41) is 7.29. The second-order valence-electron chi connectivity index (χ2n) is 4.67. The zero-order chi connectivity index (χ0) is 12.3. The molecule has 4 nitrogen and oxygen atoms in total. The highest BCUT2D eigenvalue weighted by Crippen LogP contribution is 2.27. The maximum atomic E-state index is 11.6. The molecule has 1 heterocycles. The van der Waals surface area contributed by atoms with E-state index in [-0.39, 0.29) is 5.56 Å². The zero-order valence-electron chi connectivity index (χ0n) is 10.1. The van der Waals surface area contributed by atoms with Crippen molar-refractivity contribution in [2.45, 2.75) is 32.1 Å². The lowest BCUT2D eigenvalue weighted by molar-refractivity contribution is 0.518. The maximum absolute atomic E-state index is 11.6. The van der Waals surface area contributed by atoms with Crippen LogP contribution < -0.4 is 10.9 Å². The molecule has 0 saturated heterocycles. The van der Waals surface area contributed by atoms with Crippen LogP contribution in [0.15, 0.2) is 15.5 Å². The lowest BCUT2D eigenvalue weighted by Crippen LogP contribution is -2.21. The molecule has 17 heavy (non-hydrogen) atoms. The fourth-order valence-electron chi connectivity index (χ4n) is 2.34. The van der Waals surface area contributed by atoms with Gasteiger partial charge in [-0.2, -0.15) is 5.10 Å². The van der Waals surface area contributed by atoms with Crippen molar-refractivity contribution in [3.8, 4) is 0 Å². The van der Waals surface area contributed by atoms with E-state index in [1.165, 1.54) is 36.8 Å². The topological polar surface area (TPSA) is 46.9 Å². The molecule has 0 amide bonds. The number of hydrogen-bond acceptors (Lipinski definition) is 3. The van der Waals surface area contributed by atoms with Gasteiger partial charge in [0.2, 0.25) is 0 Å². The van der Waals surface area contributed by atoms with Crippen LogP contribution in [-0.2, 0) is 7.05 Å². The molecule has 0 bridgehead atoms. The van der Waals surface area contributed by atoms with Gasteiger partial charge in [0.05, 0.1) is 11.9 Å². The third-order valence-electron chi connectivity index (χ3n) is 3.42. The third kappa shape index (κ3) is 3.09. The third-order valence-corrected chi connectivity index (χ3v) is 4.19. The molecular weight excluding hydrogens is 282 g/mol. The minimum atomic E-state index is -0.101. The van der Waals surface area contributed by atoms with Crippen molar-refractivity contribution in [1.82, 2.24) is 9.78 Å². The quantitative estimate of drug-likeness (QED) is 0.929. The van der Waals surface area contributed by atoms with Crippen LogP contribution in [0.2, 0.25) is 0 Å². The highest BCUT2D eigenvalue weighted by Gasteiger charge is 2.14. The molecule has 0 aromatic carbocycles. The molecule has 5 heteroatoms. The summed E-state index contributed by atoms with van der Waals surface area (Å²) in [6.07, 6.45) is 8.35. The molecular formula is C12H18BrN3O. The first kappa shape index (κ1) is 12.6. The number of hydrogen-bond donors (Lipinski definition) is 1. The smallest absolute Gasteiger partial charge is 0.282 e. The molecule has 1 saturated carbocycles. The van der Waals surface area contributed by atoms with Crippen LogP contribution in [0, 0.1) is 5.92 Å². The van der Waals surface area contributed by atoms with Gasteiger partial charge in [0.15, 0.2) is 0 Å². The summed E-state index contributed by atoms with van der Waals surface area (Å²) < 4.78 is 1.90. The Morgan fingerprint density at radius 2 is 2.24 bits per heavy atom. The number of aromatic nitrogens is 2. The standard InChI is InChI=1S/C12H18BrN3O/c1-16-12(17)11(13)10(8-15-16)14-7-6-9-4-2-3-5-9/h8-9,14H,2-7H2,1H3. The summed E-state index contributed by atoms with van der Waals surface area (Å²) in [7, 11) is 1.65. The van der Waals surface area contributed by atoms with E-state index in [0.717, 1.165) is 18.2 Å². The van der Waals surface area contributed by atoms with Crippen LogP contribution in [0.5, 0.6) is 0 Å². The Labute approximate surface area is 110 Å². The van der Waals surface area contributed by atoms with Gasteiger partial charge in [-0.3, -0.25) is 4.79 Å². The first-order chi connectivity index (χ1) is 8.18. The van der Waals surface area contributed by atoms with Crippen molar-refractivity contribution in [1.29, 1.82) is 0 Å². The Kier molecular flexibility index (Phi) is 4.20. The van der Waals surface area contributed by atoms with Gasteiger partial charge in [0.25, 0.3) is 5.56 Å². The maximum Gasteiger partial charge on any atom is 0.282 e. The summed E-state index contributed by atoms with van der Waals surface area (Å²) in [4.78, 5) is 11.6. The lowest BCUT2D eigenvalue weighted by atomic mass is 10.0. The molecule has 0 atom stereocenters. The summed E-state index contributed by atoms with van der Waals surface area (Å²) in [6.45, 7) is 0.915. The first-order valence-electron chi connectivity index (χ1n) is 6.14. The molecule has 1 fully saturated rings. The van der Waals surface area contributed by atoms with E-state index < -0.39 is 0 Å². The number of nitrogens with zero attached hydrogens (tertiary/aromatic N) is 2. The summed E-state index contributed by atoms with van der Waals surface area (Å²) >= 11 is 3.31. The summed E-state index contributed by atoms with van der Waals surface area (Å²) in [5.74, 6) is 0.862. The van der Waals surface area contributed by atoms with Gasteiger partial charge in [-0.05, 0) is 28.3 Å². The van der Waals surface area contributed by atoms with Gasteiger partial charge in [-0.1, -0.05) is 25.7 Å². The van der Waals surface area contributed by atoms with Crippen molar-refractivity contribution in [2.24, 2.45) is 13.0 Å². The Balaban J connectivity index is 1.90. The molecule has 0 radical (unpaired) electrons. The molecule has 1 N–H and O–H groups in total. The summed E-state index contributed by atoms with van der Waals surface area (Å²) in [5.41, 5.74) is 0.696. The van der Waals surface area contributed by atoms with E-state index in [9.17, 15) is 4.79 Å². The number of anilines is 1. The van der Waals surface area contributed by atoms with Crippen molar-refractivity contribution in [2.75, 3.05) is 11.9 Å². The van der Waals surface area contributed by atoms with Crippen LogP contribution in [0.1, 0.15) is 32.1 Å². The Hall–Kier alpha value is -0.840. The van der Waals surface area contributed by atoms with Crippen molar-refractivity contribution < 1.29 is 0 Å². The average molecular weight is 300 g/mol. The minimum Gasteiger partial charge on any atom is -0.383 e. The fraction of sp³-hybridized carbons (Fsp3) is 0.667. The van der Waals surface area contributed by atoms with Crippen molar-refractivity contribution >= 4 is 21.6 Å². The van der Waals surface area contributed by atoms with Gasteiger partial charge in [-0.15, -0.1) is 0 Å². The normalized spacial score (nSPS) is 16.4. The molecule has 1 aliphatic carbocycles. The Morgan fingerprint density at radius 3 is 2.94 bits per heavy atom. The van der Waals surface area contributed by atoms with E-state index >= 15 is 0 Å². The van der Waals surface area contributed by atoms with E-state index in [1.807, 2.05) is 0 Å². The van der Waals surface area contributed by atoms with E-state index in [2.05, 4.69) is 26.3 Å². The molecule has 1 aromatic heterocycles. The van der Waals surface area contributed by atoms with Gasteiger partial charge in [-0.25, -0.2) is 4.68 Å². The Bertz CT molecular complexity index is 438. The predicted molar refractivity (Wildman–Crippen MR) is 72.2 cm³/mol. The van der Waals surface area contributed by atoms with E-state index in [4.69, 9.17) is 0 Å². The van der Waals surface area contributed by atoms with Gasteiger partial charge < -0.3 is 5.32 Å². The van der Waals surface area contributed by atoms with Crippen LogP contribution in [0.3, 0.4) is 0 Å². The number of halogens is 1. The molecule has 94 valence electrons. The van der Waals surface area contributed by atoms with Gasteiger partial charge in [0.1, 0.15) is 4.47 Å². The highest BCUT2D eigenvalue weighted by molar-refractivity contribution is 9.10. The largest absolute Gasteiger partial charge is 0.383 e. The lowest BCUT2D eigenvalue weighted by Gasteiger charge is -2.11. The number of rotatable bonds is 4. The molecule has 0 unspecified atom stereocenters. The van der Waals surface area contributed by atoms with Crippen molar-refractivity contribution in [3.63, 3.8) is 0 Å². The van der Waals surface area contributed by atoms with Crippen LogP contribution in [-0.4, -0.2) is 16.3 Å². The average Bonchev–Trinajstić information content (AvgIpc) is 2.82. The van der Waals surface area contributed by atoms with Gasteiger partial charge >= 0.3 is 0 Å². The molecule has 1 aromatic rings.